The Kier molecular flexibility index (Phi) is 4.41. The second kappa shape index (κ2) is 6.05. The molecule has 0 atom stereocenters. The third-order valence-electron chi connectivity index (χ3n) is 2.32. The molecule has 4 heteroatoms. The zero-order chi connectivity index (χ0) is 13.7. The van der Waals surface area contributed by atoms with Crippen molar-refractivity contribution >= 4 is 19.4 Å². The molecule has 19 heavy (non-hydrogen) atoms. The highest BCUT2D eigenvalue weighted by molar-refractivity contribution is 7.08. The molecule has 0 aliphatic heterocycles. The fraction of sp³-hybridized carbons (Fsp3) is 0.267. The predicted molar refractivity (Wildman–Crippen MR) is 83.1 cm³/mol. The fourth-order valence-electron chi connectivity index (χ4n) is 1.39. The van der Waals surface area contributed by atoms with Gasteiger partial charge in [-0.25, -0.2) is 0 Å². The van der Waals surface area contributed by atoms with Gasteiger partial charge in [-0.15, -0.1) is 16.9 Å². The number of aromatic nitrogens is 1. The van der Waals surface area contributed by atoms with Gasteiger partial charge in [-0.1, -0.05) is 31.6 Å². The van der Waals surface area contributed by atoms with Crippen molar-refractivity contribution in [1.29, 1.82) is 0 Å². The first-order chi connectivity index (χ1) is 9.04. The lowest BCUT2D eigenvalue weighted by Crippen LogP contribution is -2.16. The van der Waals surface area contributed by atoms with Crippen LogP contribution in [0.25, 0.3) is 0 Å². The molecule has 98 valence electrons. The summed E-state index contributed by atoms with van der Waals surface area (Å²) in [5.41, 5.74) is 5.43. The molecular weight excluding hydrogens is 270 g/mol. The second-order valence-corrected chi connectivity index (χ2v) is 10.8. The Balaban J connectivity index is 2.06. The average Bonchev–Trinajstić information content (AvgIpc) is 2.82. The van der Waals surface area contributed by atoms with Crippen LogP contribution < -0.4 is 4.74 Å². The molecule has 2 aromatic heterocycles. The molecule has 0 saturated heterocycles. The zero-order valence-corrected chi connectivity index (χ0v) is 13.3. The second-order valence-electron chi connectivity index (χ2n) is 5.30. The molecular formula is C15H17NOSSi. The lowest BCUT2D eigenvalue weighted by molar-refractivity contribution is 0.306. The number of thiophene rings is 1. The highest BCUT2D eigenvalue weighted by atomic mass is 32.1. The van der Waals surface area contributed by atoms with Crippen LogP contribution >= 0.6 is 11.3 Å². The highest BCUT2D eigenvalue weighted by Gasteiger charge is 2.09. The summed E-state index contributed by atoms with van der Waals surface area (Å²) in [6.07, 6.45) is 3.58. The number of nitrogens with zero attached hydrogens (tertiary/aromatic N) is 1. The van der Waals surface area contributed by atoms with Crippen molar-refractivity contribution < 1.29 is 4.74 Å². The average molecular weight is 287 g/mol. The quantitative estimate of drug-likeness (QED) is 0.630. The summed E-state index contributed by atoms with van der Waals surface area (Å²) in [4.78, 5) is 4.08. The van der Waals surface area contributed by atoms with Gasteiger partial charge in [0.2, 0.25) is 0 Å². The molecule has 0 fully saturated rings. The van der Waals surface area contributed by atoms with Crippen molar-refractivity contribution in [2.24, 2.45) is 0 Å². The molecule has 2 nitrogen and oxygen atoms in total. The molecule has 0 N–H and O–H groups in total. The van der Waals surface area contributed by atoms with Crippen LogP contribution in [0.1, 0.15) is 11.1 Å². The summed E-state index contributed by atoms with van der Waals surface area (Å²) in [6.45, 7) is 7.25. The molecule has 0 spiro atoms. The first-order valence-corrected chi connectivity index (χ1v) is 10.6. The molecule has 0 amide bonds. The number of rotatable bonds is 3. The van der Waals surface area contributed by atoms with Crippen LogP contribution in [0.2, 0.25) is 19.6 Å². The van der Waals surface area contributed by atoms with Crippen LogP contribution in [-0.2, 0) is 6.61 Å². The number of ether oxygens (including phenoxy) is 1. The lowest BCUT2D eigenvalue weighted by Gasteiger charge is -2.05. The van der Waals surface area contributed by atoms with Gasteiger partial charge in [-0.3, -0.25) is 4.98 Å². The Morgan fingerprint density at radius 2 is 2.16 bits per heavy atom. The first-order valence-electron chi connectivity index (χ1n) is 6.16. The van der Waals surface area contributed by atoms with E-state index in [2.05, 4.69) is 36.1 Å². The summed E-state index contributed by atoms with van der Waals surface area (Å²) in [5, 5.41) is 4.05. The summed E-state index contributed by atoms with van der Waals surface area (Å²) in [6, 6.07) is 3.92. The minimum Gasteiger partial charge on any atom is -0.487 e. The van der Waals surface area contributed by atoms with Gasteiger partial charge in [0.05, 0.1) is 5.56 Å². The molecule has 0 unspecified atom stereocenters. The van der Waals surface area contributed by atoms with Crippen molar-refractivity contribution in [2.45, 2.75) is 26.2 Å². The van der Waals surface area contributed by atoms with Crippen molar-refractivity contribution in [3.05, 3.63) is 46.4 Å². The third-order valence-corrected chi connectivity index (χ3v) is 3.91. The first kappa shape index (κ1) is 13.8. The van der Waals surface area contributed by atoms with E-state index in [1.165, 1.54) is 0 Å². The van der Waals surface area contributed by atoms with E-state index in [1.54, 1.807) is 17.5 Å². The van der Waals surface area contributed by atoms with Crippen molar-refractivity contribution in [1.82, 2.24) is 4.98 Å². The van der Waals surface area contributed by atoms with Crippen LogP contribution in [0.3, 0.4) is 0 Å². The van der Waals surface area contributed by atoms with Gasteiger partial charge in [0.15, 0.2) is 0 Å². The van der Waals surface area contributed by atoms with Crippen LogP contribution in [0.15, 0.2) is 35.3 Å². The molecule has 0 aliphatic carbocycles. The molecule has 0 aromatic carbocycles. The van der Waals surface area contributed by atoms with Crippen LogP contribution in [0, 0.1) is 11.5 Å². The van der Waals surface area contributed by atoms with Gasteiger partial charge in [-0.2, -0.15) is 0 Å². The topological polar surface area (TPSA) is 22.1 Å². The van der Waals surface area contributed by atoms with Crippen molar-refractivity contribution in [3.8, 4) is 17.2 Å². The van der Waals surface area contributed by atoms with Crippen LogP contribution in [0.4, 0.5) is 0 Å². The largest absolute Gasteiger partial charge is 0.487 e. The minimum absolute atomic E-state index is 0.534. The standard InChI is InChI=1S/C15H17NOSSi/c1-19(2,3)8-6-14-11-18-12-15(14)17-10-13-5-4-7-16-9-13/h4-5,7,9,11-12H,10H2,1-3H3. The molecule has 0 radical (unpaired) electrons. The summed E-state index contributed by atoms with van der Waals surface area (Å²) in [7, 11) is -1.35. The Bertz CT molecular complexity index is 590. The van der Waals surface area contributed by atoms with Gasteiger partial charge in [0, 0.05) is 28.7 Å². The summed E-state index contributed by atoms with van der Waals surface area (Å²) < 4.78 is 5.81. The van der Waals surface area contributed by atoms with Gasteiger partial charge in [0.1, 0.15) is 20.4 Å². The van der Waals surface area contributed by atoms with E-state index in [-0.39, 0.29) is 0 Å². The summed E-state index contributed by atoms with van der Waals surface area (Å²) >= 11 is 1.62. The van der Waals surface area contributed by atoms with E-state index < -0.39 is 8.07 Å². The molecule has 0 saturated carbocycles. The molecule has 0 aliphatic rings. The van der Waals surface area contributed by atoms with Crippen molar-refractivity contribution in [3.63, 3.8) is 0 Å². The maximum Gasteiger partial charge on any atom is 0.146 e. The van der Waals surface area contributed by atoms with Crippen molar-refractivity contribution in [2.75, 3.05) is 0 Å². The SMILES string of the molecule is C[Si](C)(C)C#Cc1cscc1OCc1cccnc1. The monoisotopic (exact) mass is 287 g/mol. The molecule has 0 bridgehead atoms. The highest BCUT2D eigenvalue weighted by Crippen LogP contribution is 2.23. The number of pyridine rings is 1. The predicted octanol–water partition coefficient (Wildman–Crippen LogP) is 3.95. The van der Waals surface area contributed by atoms with E-state index in [0.29, 0.717) is 6.61 Å². The Labute approximate surface area is 119 Å². The number of hydrogen-bond donors (Lipinski definition) is 0. The lowest BCUT2D eigenvalue weighted by atomic mass is 10.3. The number of hydrogen-bond acceptors (Lipinski definition) is 3. The van der Waals surface area contributed by atoms with E-state index >= 15 is 0 Å². The fourth-order valence-corrected chi connectivity index (χ4v) is 2.60. The zero-order valence-electron chi connectivity index (χ0n) is 11.4. The van der Waals surface area contributed by atoms with E-state index in [9.17, 15) is 0 Å². The Morgan fingerprint density at radius 1 is 1.32 bits per heavy atom. The van der Waals surface area contributed by atoms with Gasteiger partial charge in [-0.05, 0) is 6.07 Å². The van der Waals surface area contributed by atoms with Crippen LogP contribution in [0.5, 0.6) is 5.75 Å². The minimum atomic E-state index is -1.35. The normalized spacial score (nSPS) is 10.7. The van der Waals surface area contributed by atoms with E-state index in [0.717, 1.165) is 16.9 Å². The van der Waals surface area contributed by atoms with Crippen LogP contribution in [-0.4, -0.2) is 13.1 Å². The summed E-state index contributed by atoms with van der Waals surface area (Å²) in [5.74, 6) is 4.13. The van der Waals surface area contributed by atoms with E-state index in [1.807, 2.05) is 29.1 Å². The van der Waals surface area contributed by atoms with Gasteiger partial charge < -0.3 is 4.74 Å². The maximum atomic E-state index is 5.81. The molecule has 2 aromatic rings. The van der Waals surface area contributed by atoms with Gasteiger partial charge >= 0.3 is 0 Å². The Hall–Kier alpha value is -1.57. The van der Waals surface area contributed by atoms with Gasteiger partial charge in [0.25, 0.3) is 0 Å². The smallest absolute Gasteiger partial charge is 0.146 e. The Morgan fingerprint density at radius 3 is 2.84 bits per heavy atom. The molecule has 2 heterocycles. The van der Waals surface area contributed by atoms with E-state index in [4.69, 9.17) is 4.74 Å². The molecule has 2 rings (SSSR count). The third kappa shape index (κ3) is 4.55. The maximum absolute atomic E-state index is 5.81.